The minimum absolute atomic E-state index is 0.410. The van der Waals surface area contributed by atoms with Crippen molar-refractivity contribution in [2.45, 2.75) is 6.92 Å². The van der Waals surface area contributed by atoms with Crippen LogP contribution in [0.1, 0.15) is 16.2 Å². The highest BCUT2D eigenvalue weighted by Crippen LogP contribution is 1.89. The molecule has 0 fully saturated rings. The highest BCUT2D eigenvalue weighted by Gasteiger charge is 2.09. The number of amides is 1. The zero-order chi connectivity index (χ0) is 6.85. The van der Waals surface area contributed by atoms with E-state index >= 15 is 0 Å². The molecule has 48 valence electrons. The van der Waals surface area contributed by atoms with Gasteiger partial charge in [0.15, 0.2) is 0 Å². The number of carbonyl (C=O) groups excluding carboxylic acids is 1. The molecular weight excluding hydrogens is 118 g/mol. The molecule has 0 aliphatic carbocycles. The largest absolute Gasteiger partial charge is 0.360 e. The standard InChI is InChI=1S/C5H7N3O/c1-3-2-4(5(6)9)8-7-3/h2H,1H3,(H2,6,9)(H,7,8)/p+1. The van der Waals surface area contributed by atoms with Gasteiger partial charge in [-0.3, -0.25) is 4.79 Å². The van der Waals surface area contributed by atoms with Crippen molar-refractivity contribution in [1.29, 1.82) is 0 Å². The molecule has 4 heteroatoms. The third-order valence-corrected chi connectivity index (χ3v) is 1.02. The van der Waals surface area contributed by atoms with Crippen LogP contribution in [-0.4, -0.2) is 11.0 Å². The first kappa shape index (κ1) is 5.81. The summed E-state index contributed by atoms with van der Waals surface area (Å²) in [6.07, 6.45) is 0. The molecule has 1 amide bonds. The number of aryl methyl sites for hydroxylation is 1. The van der Waals surface area contributed by atoms with Gasteiger partial charge in [-0.15, -0.1) is 5.10 Å². The van der Waals surface area contributed by atoms with Crippen LogP contribution in [0.15, 0.2) is 6.07 Å². The normalized spacial score (nSPS) is 9.44. The van der Waals surface area contributed by atoms with E-state index in [1.807, 2.05) is 6.92 Å². The summed E-state index contributed by atoms with van der Waals surface area (Å²) in [6, 6.07) is 1.66. The number of nitrogens with two attached hydrogens (primary N) is 1. The number of aromatic nitrogens is 2. The van der Waals surface area contributed by atoms with Gasteiger partial charge in [0.25, 0.3) is 5.69 Å². The maximum atomic E-state index is 10.4. The van der Waals surface area contributed by atoms with E-state index < -0.39 is 5.91 Å². The van der Waals surface area contributed by atoms with Crippen LogP contribution in [0.3, 0.4) is 0 Å². The van der Waals surface area contributed by atoms with Crippen LogP contribution in [0.4, 0.5) is 0 Å². The Balaban J connectivity index is 2.98. The number of carbonyl (C=O) groups is 1. The maximum Gasteiger partial charge on any atom is 0.315 e. The van der Waals surface area contributed by atoms with E-state index in [1.165, 1.54) is 0 Å². The Bertz CT molecular complexity index is 228. The predicted octanol–water partition coefficient (Wildman–Crippen LogP) is -0.764. The predicted molar refractivity (Wildman–Crippen MR) is 30.6 cm³/mol. The van der Waals surface area contributed by atoms with Crippen molar-refractivity contribution in [2.24, 2.45) is 5.73 Å². The van der Waals surface area contributed by atoms with Gasteiger partial charge < -0.3 is 5.73 Å². The number of nitrogens with one attached hydrogen (secondary N) is 2. The average molecular weight is 126 g/mol. The van der Waals surface area contributed by atoms with Crippen molar-refractivity contribution in [3.8, 4) is 0 Å². The zero-order valence-corrected chi connectivity index (χ0v) is 5.06. The molecule has 0 saturated carbocycles. The van der Waals surface area contributed by atoms with E-state index in [0.29, 0.717) is 5.69 Å². The summed E-state index contributed by atoms with van der Waals surface area (Å²) in [7, 11) is 0. The van der Waals surface area contributed by atoms with Crippen molar-refractivity contribution in [1.82, 2.24) is 5.10 Å². The number of H-pyrrole nitrogens is 2. The first-order chi connectivity index (χ1) is 4.20. The summed E-state index contributed by atoms with van der Waals surface area (Å²) >= 11 is 0. The first-order valence-corrected chi connectivity index (χ1v) is 2.57. The molecule has 0 atom stereocenters. The van der Waals surface area contributed by atoms with Gasteiger partial charge >= 0.3 is 5.91 Å². The molecule has 0 spiro atoms. The summed E-state index contributed by atoms with van der Waals surface area (Å²) < 4.78 is 0. The van der Waals surface area contributed by atoms with Crippen LogP contribution >= 0.6 is 0 Å². The van der Waals surface area contributed by atoms with Crippen LogP contribution in [0.2, 0.25) is 0 Å². The van der Waals surface area contributed by atoms with Crippen molar-refractivity contribution < 1.29 is 9.89 Å². The van der Waals surface area contributed by atoms with Crippen molar-refractivity contribution >= 4 is 5.91 Å². The van der Waals surface area contributed by atoms with Gasteiger partial charge in [0.1, 0.15) is 0 Å². The summed E-state index contributed by atoms with van der Waals surface area (Å²) in [5.41, 5.74) is 6.24. The van der Waals surface area contributed by atoms with Gasteiger partial charge in [-0.25, -0.2) is 0 Å². The van der Waals surface area contributed by atoms with Crippen molar-refractivity contribution in [3.05, 3.63) is 17.5 Å². The molecule has 0 bridgehead atoms. The lowest BCUT2D eigenvalue weighted by molar-refractivity contribution is -0.452. The zero-order valence-electron chi connectivity index (χ0n) is 5.06. The molecule has 1 rings (SSSR count). The Morgan fingerprint density at radius 3 is 2.78 bits per heavy atom. The summed E-state index contributed by atoms with van der Waals surface area (Å²) in [6.45, 7) is 1.84. The molecule has 0 radical (unpaired) electrons. The van der Waals surface area contributed by atoms with Gasteiger partial charge in [-0.1, -0.05) is 0 Å². The number of aromatic amines is 2. The second-order valence-corrected chi connectivity index (χ2v) is 1.86. The van der Waals surface area contributed by atoms with Gasteiger partial charge in [0.2, 0.25) is 0 Å². The lowest BCUT2D eigenvalue weighted by Gasteiger charge is -1.72. The molecule has 1 heterocycles. The highest BCUT2D eigenvalue weighted by atomic mass is 16.1. The fourth-order valence-corrected chi connectivity index (χ4v) is 0.587. The number of hydrogen-bond acceptors (Lipinski definition) is 1. The molecule has 4 nitrogen and oxygen atoms in total. The van der Waals surface area contributed by atoms with E-state index in [4.69, 9.17) is 5.73 Å². The number of rotatable bonds is 1. The Morgan fingerprint density at radius 1 is 1.89 bits per heavy atom. The topological polar surface area (TPSA) is 73.0 Å². The third kappa shape index (κ3) is 1.07. The van der Waals surface area contributed by atoms with Crippen LogP contribution in [0, 0.1) is 6.92 Å². The summed E-state index contributed by atoms with van der Waals surface area (Å²) in [5, 5.41) is 5.33. The molecule has 0 aliphatic rings. The quantitative estimate of drug-likeness (QED) is 0.509. The van der Waals surface area contributed by atoms with Gasteiger partial charge in [-0.2, -0.15) is 5.10 Å². The fourth-order valence-electron chi connectivity index (χ4n) is 0.587. The molecule has 1 aromatic rings. The first-order valence-electron chi connectivity index (χ1n) is 2.57. The molecule has 0 aromatic carbocycles. The molecule has 1 aromatic heterocycles. The van der Waals surface area contributed by atoms with Gasteiger partial charge in [-0.05, 0) is 6.92 Å². The van der Waals surface area contributed by atoms with Crippen molar-refractivity contribution in [2.75, 3.05) is 0 Å². The molecule has 0 unspecified atom stereocenters. The molecular formula is C5H8N3O+. The van der Waals surface area contributed by atoms with Gasteiger partial charge in [0.05, 0.1) is 5.69 Å². The number of primary amides is 1. The Morgan fingerprint density at radius 2 is 2.56 bits per heavy atom. The molecule has 0 saturated heterocycles. The lowest BCUT2D eigenvalue weighted by Crippen LogP contribution is -2.21. The van der Waals surface area contributed by atoms with Crippen LogP contribution < -0.4 is 10.8 Å². The minimum Gasteiger partial charge on any atom is -0.360 e. The molecule has 0 aliphatic heterocycles. The molecule has 4 N–H and O–H groups in total. The van der Waals surface area contributed by atoms with Gasteiger partial charge in [0, 0.05) is 6.07 Å². The molecule has 9 heavy (non-hydrogen) atoms. The smallest absolute Gasteiger partial charge is 0.315 e. The van der Waals surface area contributed by atoms with E-state index in [1.54, 1.807) is 6.07 Å². The fraction of sp³-hybridized carbons (Fsp3) is 0.200. The maximum absolute atomic E-state index is 10.4. The Kier molecular flexibility index (Phi) is 1.22. The highest BCUT2D eigenvalue weighted by molar-refractivity contribution is 5.89. The van der Waals surface area contributed by atoms with E-state index in [-0.39, 0.29) is 0 Å². The monoisotopic (exact) mass is 126 g/mol. The average Bonchev–Trinajstić information content (AvgIpc) is 2.14. The van der Waals surface area contributed by atoms with Crippen molar-refractivity contribution in [3.63, 3.8) is 0 Å². The minimum atomic E-state index is -0.445. The third-order valence-electron chi connectivity index (χ3n) is 1.02. The Labute approximate surface area is 52.1 Å². The van der Waals surface area contributed by atoms with E-state index in [0.717, 1.165) is 5.69 Å². The van der Waals surface area contributed by atoms with Crippen LogP contribution in [0.25, 0.3) is 0 Å². The SMILES string of the molecule is Cc1cc(C(N)=O)[nH+][nH]1. The van der Waals surface area contributed by atoms with E-state index in [2.05, 4.69) is 10.2 Å². The summed E-state index contributed by atoms with van der Waals surface area (Å²) in [4.78, 5) is 10.4. The lowest BCUT2D eigenvalue weighted by atomic mass is 10.4. The second kappa shape index (κ2) is 1.89. The van der Waals surface area contributed by atoms with E-state index in [9.17, 15) is 4.79 Å². The summed E-state index contributed by atoms with van der Waals surface area (Å²) in [5.74, 6) is -0.445. The number of hydrogen-bond donors (Lipinski definition) is 2. The Hall–Kier alpha value is -1.32. The second-order valence-electron chi connectivity index (χ2n) is 1.86. The van der Waals surface area contributed by atoms with Crippen LogP contribution in [0.5, 0.6) is 0 Å². The van der Waals surface area contributed by atoms with Crippen LogP contribution in [-0.2, 0) is 0 Å².